The number of sulfonamides is 1. The number of hydrogen-bond acceptors (Lipinski definition) is 8. The number of hydrogen-bond donors (Lipinski definition) is 5. The van der Waals surface area contributed by atoms with Crippen LogP contribution in [0.5, 0.6) is 0 Å². The van der Waals surface area contributed by atoms with E-state index in [2.05, 4.69) is 36.1 Å². The van der Waals surface area contributed by atoms with E-state index < -0.39 is 16.1 Å². The number of aromatic nitrogens is 4. The zero-order chi connectivity index (χ0) is 28.6. The number of para-hydroxylation sites is 1. The lowest BCUT2D eigenvalue weighted by Gasteiger charge is -2.36. The second-order valence-electron chi connectivity index (χ2n) is 9.39. The third kappa shape index (κ3) is 5.44. The number of carbonyl (C=O) groups is 1. The maximum atomic E-state index is 14.0. The number of fused-ring (bicyclic) bond motifs is 2. The number of rotatable bonds is 6. The Hall–Kier alpha value is -4.88. The van der Waals surface area contributed by atoms with E-state index in [0.717, 1.165) is 5.56 Å². The molecular formula is C27H24ClN9O3S. The summed E-state index contributed by atoms with van der Waals surface area (Å²) in [4.78, 5) is 21.1. The molecule has 6 rings (SSSR count). The summed E-state index contributed by atoms with van der Waals surface area (Å²) in [6.45, 7) is 0.121. The fourth-order valence-electron chi connectivity index (χ4n) is 4.76. The summed E-state index contributed by atoms with van der Waals surface area (Å²) in [5.74, 6) is 0.522. The third-order valence-corrected chi connectivity index (χ3v) is 8.55. The number of aromatic amines is 1. The Labute approximate surface area is 240 Å². The number of halogens is 1. The zero-order valence-corrected chi connectivity index (χ0v) is 22.9. The maximum absolute atomic E-state index is 14.0. The molecule has 0 saturated heterocycles. The van der Waals surface area contributed by atoms with Crippen LogP contribution in [0, 0.1) is 0 Å². The van der Waals surface area contributed by atoms with Crippen molar-refractivity contribution < 1.29 is 13.2 Å². The highest BCUT2D eigenvalue weighted by molar-refractivity contribution is 7.92. The molecule has 1 aliphatic rings. The molecule has 12 nitrogen and oxygen atoms in total. The number of carbonyl (C=O) groups excluding carboxylic acids is 1. The average molecular weight is 590 g/mol. The van der Waals surface area contributed by atoms with Gasteiger partial charge in [-0.15, -0.1) is 0 Å². The summed E-state index contributed by atoms with van der Waals surface area (Å²) in [6.07, 6.45) is 2.14. The van der Waals surface area contributed by atoms with Crippen molar-refractivity contribution in [3.05, 3.63) is 89.6 Å². The number of anilines is 5. The predicted octanol–water partition coefficient (Wildman–Crippen LogP) is 4.46. The highest BCUT2D eigenvalue weighted by atomic mass is 35.5. The summed E-state index contributed by atoms with van der Waals surface area (Å²) in [5, 5.41) is 16.6. The van der Waals surface area contributed by atoms with Gasteiger partial charge in [-0.1, -0.05) is 41.9 Å². The number of amides is 2. The number of benzene rings is 3. The first kappa shape index (κ1) is 26.3. The van der Waals surface area contributed by atoms with Gasteiger partial charge in [0.05, 0.1) is 34.8 Å². The first-order valence-corrected chi connectivity index (χ1v) is 14.4. The summed E-state index contributed by atoms with van der Waals surface area (Å²) < 4.78 is 29.4. The highest BCUT2D eigenvalue weighted by Crippen LogP contribution is 2.34. The van der Waals surface area contributed by atoms with Crippen LogP contribution in [0.2, 0.25) is 5.02 Å². The third-order valence-electron chi connectivity index (χ3n) is 6.54. The normalized spacial score (nSPS) is 14.9. The minimum Gasteiger partial charge on any atom is -0.368 e. The number of nitrogens with two attached hydrogens (primary N) is 1. The second-order valence-corrected chi connectivity index (χ2v) is 11.7. The molecule has 0 bridgehead atoms. The van der Waals surface area contributed by atoms with Gasteiger partial charge >= 0.3 is 6.03 Å². The molecule has 0 radical (unpaired) electrons. The highest BCUT2D eigenvalue weighted by Gasteiger charge is 2.34. The Bertz CT molecular complexity index is 1880. The molecule has 2 aromatic heterocycles. The van der Waals surface area contributed by atoms with E-state index in [1.54, 1.807) is 54.7 Å². The van der Waals surface area contributed by atoms with Gasteiger partial charge in [-0.25, -0.2) is 13.2 Å². The van der Waals surface area contributed by atoms with E-state index in [9.17, 15) is 13.2 Å². The minimum absolute atomic E-state index is 0.0250. The summed E-state index contributed by atoms with van der Waals surface area (Å²) >= 11 is 5.99. The van der Waals surface area contributed by atoms with Crippen LogP contribution < -0.4 is 26.0 Å². The lowest BCUT2D eigenvalue weighted by Crippen LogP contribution is -2.45. The van der Waals surface area contributed by atoms with Crippen LogP contribution in [0.3, 0.4) is 0 Å². The van der Waals surface area contributed by atoms with E-state index >= 15 is 0 Å². The fraction of sp³-hybridized carbons (Fsp3) is 0.111. The van der Waals surface area contributed by atoms with Gasteiger partial charge in [0.1, 0.15) is 5.82 Å². The molecule has 0 fully saturated rings. The summed E-state index contributed by atoms with van der Waals surface area (Å²) in [7, 11) is -4.04. The quantitative estimate of drug-likeness (QED) is 0.193. The topological polar surface area (TPSA) is 171 Å². The van der Waals surface area contributed by atoms with Crippen molar-refractivity contribution in [3.8, 4) is 0 Å². The molecule has 0 saturated carbocycles. The summed E-state index contributed by atoms with van der Waals surface area (Å²) in [6, 6.07) is 19.3. The summed E-state index contributed by atoms with van der Waals surface area (Å²) in [5.41, 5.74) is 8.60. The van der Waals surface area contributed by atoms with E-state index in [4.69, 9.17) is 17.3 Å². The smallest absolute Gasteiger partial charge is 0.323 e. The Morgan fingerprint density at radius 2 is 1.76 bits per heavy atom. The fourth-order valence-corrected chi connectivity index (χ4v) is 6.54. The van der Waals surface area contributed by atoms with Crippen molar-refractivity contribution in [2.24, 2.45) is 0 Å². The number of nitrogen functional groups attached to an aromatic ring is 1. The van der Waals surface area contributed by atoms with E-state index in [1.807, 2.05) is 12.1 Å². The standard InChI is InChI=1S/C27H24ClN9O3S/c28-17-6-3-7-18(12-17)32-27(38)33-19-8-4-9-21(13-19)41(39,40)37-15-20(11-16-5-1-2-10-23(16)37)31-24-22-14-30-36-25(22)35-26(29)34-24/h1-10,12-14,20H,11,15H2,(H2,32,33,38)(H4,29,30,31,34,35,36). The molecule has 1 atom stereocenters. The van der Waals surface area contributed by atoms with Gasteiger partial charge < -0.3 is 21.7 Å². The first-order valence-electron chi connectivity index (χ1n) is 12.5. The lowest BCUT2D eigenvalue weighted by molar-refractivity contribution is 0.262. The Morgan fingerprint density at radius 1 is 1.00 bits per heavy atom. The van der Waals surface area contributed by atoms with Gasteiger partial charge in [-0.3, -0.25) is 9.40 Å². The SMILES string of the molecule is Nc1nc(NC2Cc3ccccc3N(S(=O)(=O)c3cccc(NC(=O)Nc4cccc(Cl)c4)c3)C2)c2cn[nH]c2n1. The minimum atomic E-state index is -4.04. The molecule has 41 heavy (non-hydrogen) atoms. The van der Waals surface area contributed by atoms with Crippen molar-refractivity contribution in [3.63, 3.8) is 0 Å². The molecule has 3 aromatic carbocycles. The molecule has 0 spiro atoms. The monoisotopic (exact) mass is 589 g/mol. The number of nitrogens with one attached hydrogen (secondary N) is 4. The van der Waals surface area contributed by atoms with Gasteiger partial charge in [-0.2, -0.15) is 15.1 Å². The van der Waals surface area contributed by atoms with Gasteiger partial charge in [0, 0.05) is 16.4 Å². The van der Waals surface area contributed by atoms with Crippen LogP contribution in [-0.4, -0.2) is 47.2 Å². The Kier molecular flexibility index (Phi) is 6.81. The maximum Gasteiger partial charge on any atom is 0.323 e. The molecule has 14 heteroatoms. The van der Waals surface area contributed by atoms with E-state index in [1.165, 1.54) is 16.4 Å². The van der Waals surface area contributed by atoms with Crippen molar-refractivity contribution in [1.82, 2.24) is 20.2 Å². The van der Waals surface area contributed by atoms with Gasteiger partial charge in [0.2, 0.25) is 5.95 Å². The zero-order valence-electron chi connectivity index (χ0n) is 21.4. The van der Waals surface area contributed by atoms with Crippen molar-refractivity contribution >= 4 is 67.5 Å². The molecule has 1 aliphatic heterocycles. The van der Waals surface area contributed by atoms with Crippen molar-refractivity contribution in [2.75, 3.05) is 32.5 Å². The molecule has 208 valence electrons. The molecule has 1 unspecified atom stereocenters. The van der Waals surface area contributed by atoms with E-state index in [-0.39, 0.29) is 23.4 Å². The van der Waals surface area contributed by atoms with Gasteiger partial charge in [0.15, 0.2) is 5.65 Å². The number of H-pyrrole nitrogens is 1. The Balaban J connectivity index is 1.27. The number of urea groups is 1. The molecule has 5 aromatic rings. The van der Waals surface area contributed by atoms with Crippen LogP contribution in [-0.2, 0) is 16.4 Å². The predicted molar refractivity (Wildman–Crippen MR) is 159 cm³/mol. The Morgan fingerprint density at radius 3 is 2.56 bits per heavy atom. The van der Waals surface area contributed by atoms with Crippen LogP contribution in [0.25, 0.3) is 11.0 Å². The largest absolute Gasteiger partial charge is 0.368 e. The molecule has 6 N–H and O–H groups in total. The number of nitrogens with zero attached hydrogens (tertiary/aromatic N) is 4. The van der Waals surface area contributed by atoms with Crippen molar-refractivity contribution in [1.29, 1.82) is 0 Å². The second kappa shape index (κ2) is 10.6. The lowest BCUT2D eigenvalue weighted by atomic mass is 9.99. The van der Waals surface area contributed by atoms with Crippen LogP contribution >= 0.6 is 11.6 Å². The van der Waals surface area contributed by atoms with Crippen LogP contribution in [0.4, 0.5) is 33.6 Å². The molecular weight excluding hydrogens is 566 g/mol. The van der Waals surface area contributed by atoms with Crippen molar-refractivity contribution in [2.45, 2.75) is 17.4 Å². The molecule has 2 amide bonds. The molecule has 3 heterocycles. The average Bonchev–Trinajstić information content (AvgIpc) is 3.41. The van der Waals surface area contributed by atoms with Gasteiger partial charge in [-0.05, 0) is 54.4 Å². The van der Waals surface area contributed by atoms with Crippen LogP contribution in [0.1, 0.15) is 5.56 Å². The van der Waals surface area contributed by atoms with E-state index in [0.29, 0.717) is 45.4 Å². The molecule has 0 aliphatic carbocycles. The van der Waals surface area contributed by atoms with Gasteiger partial charge in [0.25, 0.3) is 10.0 Å². The first-order chi connectivity index (χ1) is 19.8. The van der Waals surface area contributed by atoms with Crippen LogP contribution in [0.15, 0.2) is 83.9 Å².